The topological polar surface area (TPSA) is 32.3 Å². The summed E-state index contributed by atoms with van der Waals surface area (Å²) in [5.41, 5.74) is 0. The molecule has 0 aromatic rings. The molecule has 60 valence electrons. The van der Waals surface area contributed by atoms with E-state index in [2.05, 4.69) is 11.4 Å². The molecule has 0 heterocycles. The molecule has 0 aromatic heterocycles. The van der Waals surface area contributed by atoms with Gasteiger partial charge in [-0.3, -0.25) is 0 Å². The van der Waals surface area contributed by atoms with Crippen molar-refractivity contribution < 1.29 is 5.11 Å². The van der Waals surface area contributed by atoms with Crippen LogP contribution in [-0.4, -0.2) is 24.8 Å². The molecule has 0 atom stereocenters. The van der Waals surface area contributed by atoms with E-state index in [-0.39, 0.29) is 0 Å². The highest BCUT2D eigenvalue weighted by molar-refractivity contribution is 4.78. The lowest BCUT2D eigenvalue weighted by Gasteiger charge is -1.98. The van der Waals surface area contributed by atoms with Gasteiger partial charge in [0.05, 0.1) is 0 Å². The summed E-state index contributed by atoms with van der Waals surface area (Å²) in [6.07, 6.45) is 6.08. The molecule has 0 amide bonds. The maximum Gasteiger partial charge on any atom is 0.0431 e. The molecule has 0 radical (unpaired) electrons. The Bertz CT molecular complexity index is 81.3. The monoisotopic (exact) mass is 143 g/mol. The lowest BCUT2D eigenvalue weighted by Crippen LogP contribution is -2.15. The van der Waals surface area contributed by atoms with Crippen LogP contribution < -0.4 is 5.32 Å². The Morgan fingerprint density at radius 1 is 1.40 bits per heavy atom. The van der Waals surface area contributed by atoms with Crippen LogP contribution >= 0.6 is 0 Å². The summed E-state index contributed by atoms with van der Waals surface area (Å²) in [5.74, 6) is 0. The molecule has 0 rings (SSSR count). The fourth-order valence-corrected chi connectivity index (χ4v) is 0.665. The molecule has 0 saturated carbocycles. The molecule has 10 heavy (non-hydrogen) atoms. The summed E-state index contributed by atoms with van der Waals surface area (Å²) < 4.78 is 0. The van der Waals surface area contributed by atoms with E-state index < -0.39 is 0 Å². The first kappa shape index (κ1) is 9.66. The molecule has 0 saturated heterocycles. The fourth-order valence-electron chi connectivity index (χ4n) is 0.665. The van der Waals surface area contributed by atoms with Crippen LogP contribution in [0.3, 0.4) is 0 Å². The number of unbranched alkanes of at least 4 members (excludes halogenated alkanes) is 1. The summed E-state index contributed by atoms with van der Waals surface area (Å²) >= 11 is 0. The van der Waals surface area contributed by atoms with Crippen LogP contribution in [0.5, 0.6) is 0 Å². The molecule has 2 heteroatoms. The van der Waals surface area contributed by atoms with Gasteiger partial charge in [0.1, 0.15) is 0 Å². The van der Waals surface area contributed by atoms with E-state index >= 15 is 0 Å². The third kappa shape index (κ3) is 7.66. The predicted octanol–water partition coefficient (Wildman–Crippen LogP) is 0.925. The average molecular weight is 143 g/mol. The number of aliphatic hydroxyl groups is 1. The molecule has 0 aliphatic heterocycles. The van der Waals surface area contributed by atoms with Crippen molar-refractivity contribution in [2.75, 3.05) is 19.7 Å². The zero-order valence-electron chi connectivity index (χ0n) is 6.64. The third-order valence-corrected chi connectivity index (χ3v) is 1.26. The SMILES string of the molecule is C/C=C/CNCCCCO. The average Bonchev–Trinajstić information content (AvgIpc) is 1.97. The van der Waals surface area contributed by atoms with Gasteiger partial charge in [0.15, 0.2) is 0 Å². The maximum absolute atomic E-state index is 8.43. The van der Waals surface area contributed by atoms with Crippen molar-refractivity contribution in [3.63, 3.8) is 0 Å². The third-order valence-electron chi connectivity index (χ3n) is 1.26. The van der Waals surface area contributed by atoms with Gasteiger partial charge in [-0.1, -0.05) is 12.2 Å². The van der Waals surface area contributed by atoms with E-state index in [0.717, 1.165) is 25.9 Å². The first-order valence-corrected chi connectivity index (χ1v) is 3.84. The first-order valence-electron chi connectivity index (χ1n) is 3.84. The van der Waals surface area contributed by atoms with Crippen molar-refractivity contribution in [2.45, 2.75) is 19.8 Å². The van der Waals surface area contributed by atoms with E-state index in [9.17, 15) is 0 Å². The van der Waals surface area contributed by atoms with Crippen molar-refractivity contribution in [1.82, 2.24) is 5.32 Å². The van der Waals surface area contributed by atoms with Crippen LogP contribution in [0.2, 0.25) is 0 Å². The van der Waals surface area contributed by atoms with Gasteiger partial charge in [0.2, 0.25) is 0 Å². The largest absolute Gasteiger partial charge is 0.396 e. The van der Waals surface area contributed by atoms with E-state index in [1.807, 2.05) is 13.0 Å². The molecule has 2 N–H and O–H groups in total. The Labute approximate surface area is 62.9 Å². The van der Waals surface area contributed by atoms with Crippen molar-refractivity contribution in [3.8, 4) is 0 Å². The number of nitrogens with one attached hydrogen (secondary N) is 1. The number of rotatable bonds is 6. The predicted molar refractivity (Wildman–Crippen MR) is 44.0 cm³/mol. The van der Waals surface area contributed by atoms with Crippen LogP contribution in [0.4, 0.5) is 0 Å². The lowest BCUT2D eigenvalue weighted by atomic mass is 10.3. The minimum atomic E-state index is 0.311. The Balaban J connectivity index is 2.77. The van der Waals surface area contributed by atoms with Crippen molar-refractivity contribution >= 4 is 0 Å². The minimum Gasteiger partial charge on any atom is -0.396 e. The van der Waals surface area contributed by atoms with Gasteiger partial charge in [0, 0.05) is 13.2 Å². The zero-order valence-corrected chi connectivity index (χ0v) is 6.64. The number of hydrogen-bond donors (Lipinski definition) is 2. The molecule has 2 nitrogen and oxygen atoms in total. The Morgan fingerprint density at radius 3 is 2.80 bits per heavy atom. The van der Waals surface area contributed by atoms with Crippen LogP contribution in [0.25, 0.3) is 0 Å². The number of aliphatic hydroxyl groups excluding tert-OH is 1. The second kappa shape index (κ2) is 8.66. The highest BCUT2D eigenvalue weighted by atomic mass is 16.2. The minimum absolute atomic E-state index is 0.311. The van der Waals surface area contributed by atoms with Gasteiger partial charge in [-0.2, -0.15) is 0 Å². The molecule has 0 bridgehead atoms. The molecule has 0 fully saturated rings. The maximum atomic E-state index is 8.43. The quantitative estimate of drug-likeness (QED) is 0.428. The summed E-state index contributed by atoms with van der Waals surface area (Å²) in [4.78, 5) is 0. The molecule has 0 aliphatic rings. The Hall–Kier alpha value is -0.340. The smallest absolute Gasteiger partial charge is 0.0431 e. The van der Waals surface area contributed by atoms with E-state index in [1.165, 1.54) is 0 Å². The number of hydrogen-bond acceptors (Lipinski definition) is 2. The van der Waals surface area contributed by atoms with E-state index in [4.69, 9.17) is 5.11 Å². The molecular formula is C8H17NO. The van der Waals surface area contributed by atoms with Gasteiger partial charge < -0.3 is 10.4 Å². The highest BCUT2D eigenvalue weighted by Crippen LogP contribution is 1.82. The highest BCUT2D eigenvalue weighted by Gasteiger charge is 1.83. The normalized spacial score (nSPS) is 11.0. The van der Waals surface area contributed by atoms with Crippen LogP contribution in [-0.2, 0) is 0 Å². The van der Waals surface area contributed by atoms with Gasteiger partial charge in [-0.15, -0.1) is 0 Å². The van der Waals surface area contributed by atoms with Gasteiger partial charge in [-0.05, 0) is 26.3 Å². The first-order chi connectivity index (χ1) is 4.91. The van der Waals surface area contributed by atoms with E-state index in [0.29, 0.717) is 6.61 Å². The Kier molecular flexibility index (Phi) is 8.37. The van der Waals surface area contributed by atoms with Crippen LogP contribution in [0.1, 0.15) is 19.8 Å². The molecular weight excluding hydrogens is 126 g/mol. The summed E-state index contributed by atoms with van der Waals surface area (Å²) in [6, 6.07) is 0. The van der Waals surface area contributed by atoms with Crippen molar-refractivity contribution in [2.24, 2.45) is 0 Å². The van der Waals surface area contributed by atoms with Crippen LogP contribution in [0, 0.1) is 0 Å². The second-order valence-electron chi connectivity index (χ2n) is 2.20. The summed E-state index contributed by atoms with van der Waals surface area (Å²) in [5, 5.41) is 11.7. The van der Waals surface area contributed by atoms with Crippen molar-refractivity contribution in [1.29, 1.82) is 0 Å². The standard InChI is InChI=1S/C8H17NO/c1-2-3-6-9-7-4-5-8-10/h2-3,9-10H,4-8H2,1H3/b3-2+. The summed E-state index contributed by atoms with van der Waals surface area (Å²) in [7, 11) is 0. The van der Waals surface area contributed by atoms with Crippen LogP contribution in [0.15, 0.2) is 12.2 Å². The zero-order chi connectivity index (χ0) is 7.66. The Morgan fingerprint density at radius 2 is 2.20 bits per heavy atom. The second-order valence-corrected chi connectivity index (χ2v) is 2.20. The molecule has 0 unspecified atom stereocenters. The lowest BCUT2D eigenvalue weighted by molar-refractivity contribution is 0.284. The van der Waals surface area contributed by atoms with Gasteiger partial charge in [-0.25, -0.2) is 0 Å². The van der Waals surface area contributed by atoms with E-state index in [1.54, 1.807) is 0 Å². The molecule has 0 aliphatic carbocycles. The summed E-state index contributed by atoms with van der Waals surface area (Å²) in [6.45, 7) is 4.27. The van der Waals surface area contributed by atoms with Gasteiger partial charge in [0.25, 0.3) is 0 Å². The molecule has 0 spiro atoms. The fraction of sp³-hybridized carbons (Fsp3) is 0.750. The molecule has 0 aromatic carbocycles. The number of allylic oxidation sites excluding steroid dienone is 1. The van der Waals surface area contributed by atoms with Crippen molar-refractivity contribution in [3.05, 3.63) is 12.2 Å². The van der Waals surface area contributed by atoms with Gasteiger partial charge >= 0.3 is 0 Å².